The number of amides is 1. The number of carbonyl (C=O) groups is 2. The van der Waals surface area contributed by atoms with E-state index in [0.717, 1.165) is 64.2 Å². The van der Waals surface area contributed by atoms with Crippen molar-refractivity contribution >= 4 is 11.9 Å². The maximum Gasteiger partial charge on any atom is 0.305 e. The fourth-order valence-corrected chi connectivity index (χ4v) is 8.85. The van der Waals surface area contributed by atoms with E-state index in [2.05, 4.69) is 67.8 Å². The maximum absolute atomic E-state index is 12.5. The number of carbonyl (C=O) groups excluding carboxylic acids is 2. The van der Waals surface area contributed by atoms with Gasteiger partial charge in [-0.15, -0.1) is 0 Å². The first-order valence-corrected chi connectivity index (χ1v) is 29.4. The standard InChI is InChI=1S/C61H113NO5/c1-3-5-7-9-11-13-15-17-26-29-33-37-41-45-49-53-59(64)58(57-63)62-60(65)54-50-46-42-38-34-30-27-24-22-20-19-21-23-25-28-32-36-40-44-48-52-56-67-61(66)55-51-47-43-39-35-31-18-16-14-12-10-8-6-4-2/h10,12,16,18,32,36,44,48,58-59,63-64H,3-9,11,13-15,17,19-31,33-35,37-43,45-47,49-57H2,1-2H3,(H,62,65)/b12-10-,18-16-,36-32-,48-44-. The van der Waals surface area contributed by atoms with Crippen LogP contribution in [0.1, 0.15) is 303 Å². The first-order valence-electron chi connectivity index (χ1n) is 29.4. The number of aliphatic hydroxyl groups is 2. The van der Waals surface area contributed by atoms with Gasteiger partial charge in [-0.25, -0.2) is 0 Å². The van der Waals surface area contributed by atoms with E-state index < -0.39 is 12.1 Å². The van der Waals surface area contributed by atoms with Gasteiger partial charge in [0.05, 0.1) is 25.4 Å². The van der Waals surface area contributed by atoms with Gasteiger partial charge in [-0.3, -0.25) is 9.59 Å². The van der Waals surface area contributed by atoms with Crippen LogP contribution in [0.4, 0.5) is 0 Å². The molecule has 6 nitrogen and oxygen atoms in total. The van der Waals surface area contributed by atoms with Crippen molar-refractivity contribution in [2.24, 2.45) is 0 Å². The molecule has 67 heavy (non-hydrogen) atoms. The lowest BCUT2D eigenvalue weighted by Crippen LogP contribution is -2.45. The van der Waals surface area contributed by atoms with Gasteiger partial charge in [0, 0.05) is 12.8 Å². The Bertz CT molecular complexity index is 1130. The van der Waals surface area contributed by atoms with Gasteiger partial charge in [-0.2, -0.15) is 0 Å². The molecule has 0 rings (SSSR count). The summed E-state index contributed by atoms with van der Waals surface area (Å²) in [5.41, 5.74) is 0. The summed E-state index contributed by atoms with van der Waals surface area (Å²) in [5.74, 6) is -0.0897. The van der Waals surface area contributed by atoms with Crippen molar-refractivity contribution in [1.82, 2.24) is 5.32 Å². The molecule has 0 fully saturated rings. The zero-order valence-electron chi connectivity index (χ0n) is 44.6. The third-order valence-electron chi connectivity index (χ3n) is 13.4. The van der Waals surface area contributed by atoms with Crippen molar-refractivity contribution in [3.05, 3.63) is 48.6 Å². The molecule has 1 amide bonds. The summed E-state index contributed by atoms with van der Waals surface area (Å²) in [4.78, 5) is 24.5. The molecule has 6 heteroatoms. The van der Waals surface area contributed by atoms with Gasteiger partial charge in [-0.05, 0) is 70.6 Å². The fourth-order valence-electron chi connectivity index (χ4n) is 8.85. The van der Waals surface area contributed by atoms with E-state index in [9.17, 15) is 19.8 Å². The van der Waals surface area contributed by atoms with Crippen LogP contribution < -0.4 is 5.32 Å². The number of aliphatic hydroxyl groups excluding tert-OH is 2. The van der Waals surface area contributed by atoms with Gasteiger partial charge in [0.25, 0.3) is 0 Å². The molecule has 0 aliphatic carbocycles. The lowest BCUT2D eigenvalue weighted by Gasteiger charge is -2.22. The minimum Gasteiger partial charge on any atom is -0.465 e. The number of nitrogens with one attached hydrogen (secondary N) is 1. The highest BCUT2D eigenvalue weighted by Crippen LogP contribution is 2.17. The van der Waals surface area contributed by atoms with E-state index in [4.69, 9.17) is 4.74 Å². The molecule has 2 atom stereocenters. The number of unbranched alkanes of at least 4 members (excludes halogenated alkanes) is 35. The largest absolute Gasteiger partial charge is 0.465 e. The van der Waals surface area contributed by atoms with Crippen LogP contribution in [0.3, 0.4) is 0 Å². The van der Waals surface area contributed by atoms with Crippen molar-refractivity contribution in [1.29, 1.82) is 0 Å². The van der Waals surface area contributed by atoms with E-state index in [-0.39, 0.29) is 18.5 Å². The number of allylic oxidation sites excluding steroid dienone is 7. The second kappa shape index (κ2) is 56.4. The minimum absolute atomic E-state index is 0.0395. The zero-order valence-corrected chi connectivity index (χ0v) is 44.6. The minimum atomic E-state index is -0.668. The van der Waals surface area contributed by atoms with E-state index in [1.165, 1.54) is 205 Å². The molecule has 0 saturated carbocycles. The van der Waals surface area contributed by atoms with Crippen molar-refractivity contribution in [3.8, 4) is 0 Å². The molecule has 3 N–H and O–H groups in total. The Morgan fingerprint density at radius 3 is 1.18 bits per heavy atom. The molecule has 0 aromatic rings. The van der Waals surface area contributed by atoms with Crippen LogP contribution in [-0.4, -0.2) is 47.4 Å². The predicted molar refractivity (Wildman–Crippen MR) is 292 cm³/mol. The number of ether oxygens (including phenoxy) is 1. The van der Waals surface area contributed by atoms with Gasteiger partial charge in [-0.1, -0.05) is 268 Å². The van der Waals surface area contributed by atoms with Crippen LogP contribution in [-0.2, 0) is 14.3 Å². The van der Waals surface area contributed by atoms with Crippen LogP contribution in [0.2, 0.25) is 0 Å². The Morgan fingerprint density at radius 1 is 0.418 bits per heavy atom. The summed E-state index contributed by atoms with van der Waals surface area (Å²) in [6.45, 7) is 4.80. The van der Waals surface area contributed by atoms with Gasteiger partial charge < -0.3 is 20.3 Å². The van der Waals surface area contributed by atoms with Crippen LogP contribution in [0.5, 0.6) is 0 Å². The first-order chi connectivity index (χ1) is 33.0. The van der Waals surface area contributed by atoms with Crippen LogP contribution in [0, 0.1) is 0 Å². The maximum atomic E-state index is 12.5. The molecule has 0 saturated heterocycles. The molecule has 0 bridgehead atoms. The third-order valence-corrected chi connectivity index (χ3v) is 13.4. The lowest BCUT2D eigenvalue weighted by atomic mass is 10.0. The van der Waals surface area contributed by atoms with Crippen LogP contribution in [0.15, 0.2) is 48.6 Å². The Balaban J connectivity index is 3.47. The highest BCUT2D eigenvalue weighted by atomic mass is 16.5. The van der Waals surface area contributed by atoms with Gasteiger partial charge in [0.15, 0.2) is 0 Å². The number of hydrogen-bond donors (Lipinski definition) is 3. The average molecular weight is 941 g/mol. The number of rotatable bonds is 54. The van der Waals surface area contributed by atoms with Crippen molar-refractivity contribution in [2.45, 2.75) is 315 Å². The second-order valence-electron chi connectivity index (χ2n) is 20.0. The molecule has 0 heterocycles. The Kier molecular flexibility index (Phi) is 54.6. The summed E-state index contributed by atoms with van der Waals surface area (Å²) in [6.07, 6.45) is 71.2. The zero-order chi connectivity index (χ0) is 48.6. The topological polar surface area (TPSA) is 95.9 Å². The first kappa shape index (κ1) is 64.8. The predicted octanol–water partition coefficient (Wildman–Crippen LogP) is 18.2. The fraction of sp³-hybridized carbons (Fsp3) is 0.836. The van der Waals surface area contributed by atoms with Crippen molar-refractivity contribution < 1.29 is 24.5 Å². The molecule has 0 spiro atoms. The normalized spacial score (nSPS) is 13.0. The Labute approximate surface area is 416 Å². The van der Waals surface area contributed by atoms with E-state index in [0.29, 0.717) is 25.9 Å². The molecule has 2 unspecified atom stereocenters. The van der Waals surface area contributed by atoms with Crippen LogP contribution >= 0.6 is 0 Å². The smallest absolute Gasteiger partial charge is 0.305 e. The molecular formula is C61H113NO5. The van der Waals surface area contributed by atoms with Gasteiger partial charge in [0.2, 0.25) is 5.91 Å². The van der Waals surface area contributed by atoms with Crippen molar-refractivity contribution in [3.63, 3.8) is 0 Å². The SMILES string of the molecule is CCCC/C=C\C/C=C\CCCCCCCC(=O)OCC/C=C\C/C=C\CCCCCCCCCCCCCCCCC(=O)NC(CO)C(O)CCCCCCCCCCCCCCCCC. The molecule has 0 aromatic heterocycles. The van der Waals surface area contributed by atoms with Crippen LogP contribution in [0.25, 0.3) is 0 Å². The molecule has 0 aromatic carbocycles. The Hall–Kier alpha value is -2.18. The number of esters is 1. The summed E-state index contributed by atoms with van der Waals surface area (Å²) < 4.78 is 5.40. The number of hydrogen-bond acceptors (Lipinski definition) is 5. The summed E-state index contributed by atoms with van der Waals surface area (Å²) in [6, 6.07) is -0.546. The highest BCUT2D eigenvalue weighted by Gasteiger charge is 2.20. The molecule has 0 radical (unpaired) electrons. The molecule has 0 aliphatic rings. The summed E-state index contributed by atoms with van der Waals surface area (Å²) in [7, 11) is 0. The van der Waals surface area contributed by atoms with E-state index >= 15 is 0 Å². The highest BCUT2D eigenvalue weighted by molar-refractivity contribution is 5.76. The molecule has 0 aliphatic heterocycles. The lowest BCUT2D eigenvalue weighted by molar-refractivity contribution is -0.143. The van der Waals surface area contributed by atoms with E-state index in [1.807, 2.05) is 0 Å². The third kappa shape index (κ3) is 53.0. The van der Waals surface area contributed by atoms with Gasteiger partial charge in [0.1, 0.15) is 0 Å². The Morgan fingerprint density at radius 2 is 0.761 bits per heavy atom. The van der Waals surface area contributed by atoms with E-state index in [1.54, 1.807) is 0 Å². The van der Waals surface area contributed by atoms with Crippen molar-refractivity contribution in [2.75, 3.05) is 13.2 Å². The average Bonchev–Trinajstić information content (AvgIpc) is 3.33. The molecular weight excluding hydrogens is 827 g/mol. The second-order valence-corrected chi connectivity index (χ2v) is 20.0. The summed E-state index contributed by atoms with van der Waals surface area (Å²) >= 11 is 0. The quantitative estimate of drug-likeness (QED) is 0.0321. The van der Waals surface area contributed by atoms with Gasteiger partial charge >= 0.3 is 5.97 Å². The molecule has 392 valence electrons. The summed E-state index contributed by atoms with van der Waals surface area (Å²) in [5, 5.41) is 23.3. The monoisotopic (exact) mass is 940 g/mol.